The first-order chi connectivity index (χ1) is 12.2. The molecule has 1 aromatic carbocycles. The van der Waals surface area contributed by atoms with E-state index in [1.807, 2.05) is 30.3 Å². The van der Waals surface area contributed by atoms with Crippen LogP contribution in [0.25, 0.3) is 0 Å². The van der Waals surface area contributed by atoms with E-state index in [-0.39, 0.29) is 0 Å². The Morgan fingerprint density at radius 2 is 1.96 bits per heavy atom. The van der Waals surface area contributed by atoms with Crippen molar-refractivity contribution in [2.45, 2.75) is 42.0 Å². The van der Waals surface area contributed by atoms with Gasteiger partial charge in [-0.15, -0.1) is 5.10 Å². The van der Waals surface area contributed by atoms with Gasteiger partial charge in [-0.25, -0.2) is 9.78 Å². The van der Waals surface area contributed by atoms with Gasteiger partial charge >= 0.3 is 6.03 Å². The van der Waals surface area contributed by atoms with Gasteiger partial charge in [-0.1, -0.05) is 54.9 Å². The number of H-pyrrole nitrogens is 1. The second-order valence-corrected chi connectivity index (χ2v) is 7.03. The summed E-state index contributed by atoms with van der Waals surface area (Å²) in [6.45, 7) is 0. The molecular formula is C17H21N5O2S. The summed E-state index contributed by atoms with van der Waals surface area (Å²) < 4.78 is 0. The molecule has 0 bridgehead atoms. The Labute approximate surface area is 150 Å². The summed E-state index contributed by atoms with van der Waals surface area (Å²) in [7, 11) is 1.47. The fraction of sp³-hybridized carbons (Fsp3) is 0.412. The Balaban J connectivity index is 1.77. The molecule has 2 aromatic rings. The molecule has 1 atom stereocenters. The lowest BCUT2D eigenvalue weighted by Gasteiger charge is -2.14. The molecule has 3 amide bonds. The average molecular weight is 359 g/mol. The molecule has 1 fully saturated rings. The lowest BCUT2D eigenvalue weighted by atomic mass is 10.1. The summed E-state index contributed by atoms with van der Waals surface area (Å²) in [5, 5.41) is 11.9. The van der Waals surface area contributed by atoms with E-state index in [0.29, 0.717) is 11.1 Å². The van der Waals surface area contributed by atoms with Crippen molar-refractivity contribution in [1.82, 2.24) is 25.8 Å². The van der Waals surface area contributed by atoms with Crippen LogP contribution in [0, 0.1) is 0 Å². The maximum absolute atomic E-state index is 12.5. The van der Waals surface area contributed by atoms with E-state index in [0.717, 1.165) is 24.2 Å². The monoisotopic (exact) mass is 359 g/mol. The lowest BCUT2D eigenvalue weighted by Crippen LogP contribution is -2.39. The van der Waals surface area contributed by atoms with Crippen LogP contribution in [-0.2, 0) is 4.79 Å². The number of rotatable bonds is 5. The van der Waals surface area contributed by atoms with Gasteiger partial charge in [0.05, 0.1) is 0 Å². The van der Waals surface area contributed by atoms with Crippen molar-refractivity contribution >= 4 is 23.7 Å². The van der Waals surface area contributed by atoms with Gasteiger partial charge in [0.25, 0.3) is 0 Å². The normalized spacial score (nSPS) is 15.7. The van der Waals surface area contributed by atoms with Crippen LogP contribution in [0.1, 0.15) is 48.2 Å². The molecule has 1 aliphatic rings. The third-order valence-corrected chi connectivity index (χ3v) is 5.37. The zero-order chi connectivity index (χ0) is 17.6. The van der Waals surface area contributed by atoms with E-state index in [2.05, 4.69) is 25.8 Å². The quantitative estimate of drug-likeness (QED) is 0.713. The van der Waals surface area contributed by atoms with Crippen LogP contribution in [0.5, 0.6) is 0 Å². The molecule has 132 valence electrons. The zero-order valence-electron chi connectivity index (χ0n) is 14.0. The highest BCUT2D eigenvalue weighted by atomic mass is 32.2. The number of imide groups is 1. The Morgan fingerprint density at radius 3 is 2.64 bits per heavy atom. The van der Waals surface area contributed by atoms with Crippen molar-refractivity contribution in [3.05, 3.63) is 41.7 Å². The van der Waals surface area contributed by atoms with Crippen LogP contribution in [0.2, 0.25) is 0 Å². The van der Waals surface area contributed by atoms with E-state index in [1.54, 1.807) is 0 Å². The van der Waals surface area contributed by atoms with E-state index >= 15 is 0 Å². The van der Waals surface area contributed by atoms with E-state index in [9.17, 15) is 9.59 Å². The minimum absolute atomic E-state index is 0.400. The van der Waals surface area contributed by atoms with Crippen molar-refractivity contribution in [2.24, 2.45) is 0 Å². The number of hydrogen-bond donors (Lipinski definition) is 3. The number of thioether (sulfide) groups is 1. The van der Waals surface area contributed by atoms with Crippen LogP contribution >= 0.6 is 11.8 Å². The number of urea groups is 1. The highest BCUT2D eigenvalue weighted by Gasteiger charge is 2.26. The molecule has 1 aromatic heterocycles. The third kappa shape index (κ3) is 4.39. The molecule has 8 heteroatoms. The zero-order valence-corrected chi connectivity index (χ0v) is 14.8. The number of benzene rings is 1. The van der Waals surface area contributed by atoms with E-state index in [4.69, 9.17) is 0 Å². The number of carbonyl (C=O) groups excluding carboxylic acids is 2. The van der Waals surface area contributed by atoms with Crippen LogP contribution in [-0.4, -0.2) is 34.2 Å². The number of aromatic nitrogens is 3. The maximum atomic E-state index is 12.5. The molecule has 0 saturated heterocycles. The van der Waals surface area contributed by atoms with Gasteiger partial charge in [-0.3, -0.25) is 15.2 Å². The number of nitrogens with one attached hydrogen (secondary N) is 3. The molecule has 0 spiro atoms. The first-order valence-electron chi connectivity index (χ1n) is 8.34. The van der Waals surface area contributed by atoms with Gasteiger partial charge in [-0.05, 0) is 18.4 Å². The minimum Gasteiger partial charge on any atom is -0.341 e. The highest BCUT2D eigenvalue weighted by molar-refractivity contribution is 8.00. The maximum Gasteiger partial charge on any atom is 0.321 e. The van der Waals surface area contributed by atoms with Crippen molar-refractivity contribution in [2.75, 3.05) is 7.05 Å². The smallest absolute Gasteiger partial charge is 0.321 e. The summed E-state index contributed by atoms with van der Waals surface area (Å²) in [6.07, 6.45) is 4.68. The van der Waals surface area contributed by atoms with Crippen LogP contribution in [0.15, 0.2) is 35.5 Å². The predicted molar refractivity (Wildman–Crippen MR) is 95.2 cm³/mol. The first kappa shape index (κ1) is 17.5. The second kappa shape index (κ2) is 8.15. The molecule has 3 N–H and O–H groups in total. The summed E-state index contributed by atoms with van der Waals surface area (Å²) in [5.74, 6) is 0.915. The molecule has 1 aliphatic carbocycles. The standard InChI is InChI=1S/C17H21N5O2S/c1-18-16(24)20-15(23)13(11-7-3-2-4-8-11)25-17-19-14(21-22-17)12-9-5-6-10-12/h2-4,7-8,12-13H,5-6,9-10H2,1H3,(H,19,21,22)(H2,18,20,23,24). The summed E-state index contributed by atoms with van der Waals surface area (Å²) in [6, 6.07) is 8.77. The molecule has 25 heavy (non-hydrogen) atoms. The van der Waals surface area contributed by atoms with Crippen molar-refractivity contribution < 1.29 is 9.59 Å². The average Bonchev–Trinajstić information content (AvgIpc) is 3.31. The van der Waals surface area contributed by atoms with Gasteiger partial charge in [0.15, 0.2) is 0 Å². The lowest BCUT2D eigenvalue weighted by molar-refractivity contribution is -0.119. The molecule has 1 saturated carbocycles. The largest absolute Gasteiger partial charge is 0.341 e. The summed E-state index contributed by atoms with van der Waals surface area (Å²) in [5.41, 5.74) is 0.793. The molecule has 1 heterocycles. The van der Waals surface area contributed by atoms with Crippen molar-refractivity contribution in [3.8, 4) is 0 Å². The summed E-state index contributed by atoms with van der Waals surface area (Å²) in [4.78, 5) is 28.6. The first-order valence-corrected chi connectivity index (χ1v) is 9.22. The molecule has 1 unspecified atom stereocenters. The molecule has 7 nitrogen and oxygen atoms in total. The van der Waals surface area contributed by atoms with Crippen LogP contribution < -0.4 is 10.6 Å². The summed E-state index contributed by atoms with van der Waals surface area (Å²) >= 11 is 1.24. The van der Waals surface area contributed by atoms with Crippen molar-refractivity contribution in [1.29, 1.82) is 0 Å². The molecule has 0 aliphatic heterocycles. The van der Waals surface area contributed by atoms with Gasteiger partial charge < -0.3 is 5.32 Å². The Kier molecular flexibility index (Phi) is 5.70. The van der Waals surface area contributed by atoms with Gasteiger partial charge in [-0.2, -0.15) is 0 Å². The fourth-order valence-corrected chi connectivity index (χ4v) is 3.86. The minimum atomic E-state index is -0.606. The number of amides is 3. The number of nitrogens with zero attached hydrogens (tertiary/aromatic N) is 2. The number of aromatic amines is 1. The Morgan fingerprint density at radius 1 is 1.24 bits per heavy atom. The van der Waals surface area contributed by atoms with Crippen LogP contribution in [0.4, 0.5) is 4.79 Å². The Hall–Kier alpha value is -2.35. The number of hydrogen-bond acceptors (Lipinski definition) is 5. The van der Waals surface area contributed by atoms with Crippen LogP contribution in [0.3, 0.4) is 0 Å². The predicted octanol–water partition coefficient (Wildman–Crippen LogP) is 2.75. The Bertz CT molecular complexity index is 728. The van der Waals surface area contributed by atoms with Crippen molar-refractivity contribution in [3.63, 3.8) is 0 Å². The van der Waals surface area contributed by atoms with E-state index < -0.39 is 17.2 Å². The van der Waals surface area contributed by atoms with Gasteiger partial charge in [0, 0.05) is 13.0 Å². The molecule has 0 radical (unpaired) electrons. The fourth-order valence-electron chi connectivity index (χ4n) is 2.94. The highest BCUT2D eigenvalue weighted by Crippen LogP contribution is 2.36. The van der Waals surface area contributed by atoms with E-state index in [1.165, 1.54) is 31.7 Å². The topological polar surface area (TPSA) is 99.8 Å². The molecule has 3 rings (SSSR count). The molecular weight excluding hydrogens is 338 g/mol. The third-order valence-electron chi connectivity index (χ3n) is 4.25. The second-order valence-electron chi connectivity index (χ2n) is 5.96. The SMILES string of the molecule is CNC(=O)NC(=O)C(Sc1n[nH]c(C2CCCC2)n1)c1ccccc1. The number of carbonyl (C=O) groups is 2. The van der Waals surface area contributed by atoms with Gasteiger partial charge in [0.2, 0.25) is 11.1 Å². The van der Waals surface area contributed by atoms with Gasteiger partial charge in [0.1, 0.15) is 11.1 Å².